The minimum Gasteiger partial charge on any atom is -0.394 e. The number of rotatable bonds is 2. The minimum absolute atomic E-state index is 0.0708. The third-order valence-electron chi connectivity index (χ3n) is 2.92. The molecule has 1 aliphatic rings. The molecule has 84 valence electrons. The fraction of sp³-hybridized carbons (Fsp3) is 0.286. The van der Waals surface area contributed by atoms with Crippen LogP contribution in [0.25, 0.3) is 5.57 Å². The first kappa shape index (κ1) is 11.0. The van der Waals surface area contributed by atoms with E-state index in [4.69, 9.17) is 0 Å². The Kier molecular flexibility index (Phi) is 2.60. The zero-order valence-corrected chi connectivity index (χ0v) is 9.75. The molecule has 0 aliphatic carbocycles. The van der Waals surface area contributed by atoms with Gasteiger partial charge >= 0.3 is 0 Å². The van der Waals surface area contributed by atoms with Gasteiger partial charge in [-0.25, -0.2) is 0 Å². The Hall–Kier alpha value is -1.54. The molecule has 0 saturated carbocycles. The van der Waals surface area contributed by atoms with E-state index in [0.717, 1.165) is 16.8 Å². The first-order valence-electron chi connectivity index (χ1n) is 5.42. The summed E-state index contributed by atoms with van der Waals surface area (Å²) in [5.41, 5.74) is 3.96. The molecule has 1 heterocycles. The molecule has 16 heavy (non-hydrogen) atoms. The van der Waals surface area contributed by atoms with Crippen molar-refractivity contribution < 1.29 is 5.11 Å². The van der Waals surface area contributed by atoms with Crippen LogP contribution in [0.2, 0.25) is 0 Å². The molecule has 0 bridgehead atoms. The summed E-state index contributed by atoms with van der Waals surface area (Å²) < 4.78 is 0. The van der Waals surface area contributed by atoms with E-state index in [2.05, 4.69) is 43.1 Å². The van der Waals surface area contributed by atoms with Crippen LogP contribution in [0.4, 0.5) is 0 Å². The van der Waals surface area contributed by atoms with E-state index in [1.807, 2.05) is 13.0 Å². The largest absolute Gasteiger partial charge is 0.394 e. The molecule has 2 nitrogen and oxygen atoms in total. The molecule has 0 radical (unpaired) electrons. The zero-order chi connectivity index (χ0) is 11.8. The molecule has 0 spiro atoms. The predicted octanol–water partition coefficient (Wildman–Crippen LogP) is 2.25. The van der Waals surface area contributed by atoms with E-state index < -0.39 is 0 Å². The van der Waals surface area contributed by atoms with Crippen molar-refractivity contribution in [1.82, 2.24) is 5.32 Å². The van der Waals surface area contributed by atoms with Crippen LogP contribution in [0.3, 0.4) is 0 Å². The summed E-state index contributed by atoms with van der Waals surface area (Å²) in [6, 6.07) is 8.32. The molecule has 1 atom stereocenters. The van der Waals surface area contributed by atoms with E-state index in [1.54, 1.807) is 0 Å². The van der Waals surface area contributed by atoms with E-state index in [9.17, 15) is 5.11 Å². The van der Waals surface area contributed by atoms with Crippen LogP contribution in [-0.2, 0) is 0 Å². The second-order valence-corrected chi connectivity index (χ2v) is 4.60. The van der Waals surface area contributed by atoms with Crippen molar-refractivity contribution in [3.8, 4) is 0 Å². The van der Waals surface area contributed by atoms with Gasteiger partial charge in [0.05, 0.1) is 12.1 Å². The van der Waals surface area contributed by atoms with Crippen LogP contribution < -0.4 is 5.32 Å². The average Bonchev–Trinajstić information content (AvgIpc) is 2.57. The minimum atomic E-state index is -0.378. The predicted molar refractivity (Wildman–Crippen MR) is 66.9 cm³/mol. The summed E-state index contributed by atoms with van der Waals surface area (Å²) in [5, 5.41) is 12.5. The summed E-state index contributed by atoms with van der Waals surface area (Å²) in [6.45, 7) is 8.08. The quantitative estimate of drug-likeness (QED) is 0.793. The van der Waals surface area contributed by atoms with E-state index >= 15 is 0 Å². The van der Waals surface area contributed by atoms with Gasteiger partial charge in [0, 0.05) is 11.3 Å². The van der Waals surface area contributed by atoms with Crippen LogP contribution in [0.15, 0.2) is 42.6 Å². The average molecular weight is 215 g/mol. The number of nitrogens with one attached hydrogen (secondary N) is 1. The smallest absolute Gasteiger partial charge is 0.0768 e. The van der Waals surface area contributed by atoms with Gasteiger partial charge in [-0.1, -0.05) is 36.4 Å². The van der Waals surface area contributed by atoms with E-state index in [1.165, 1.54) is 5.56 Å². The van der Waals surface area contributed by atoms with Crippen molar-refractivity contribution in [3.05, 3.63) is 53.7 Å². The van der Waals surface area contributed by atoms with Gasteiger partial charge in [0.2, 0.25) is 0 Å². The topological polar surface area (TPSA) is 32.3 Å². The summed E-state index contributed by atoms with van der Waals surface area (Å²) in [7, 11) is 0. The Balaban J connectivity index is 2.38. The van der Waals surface area contributed by atoms with Crippen molar-refractivity contribution in [2.45, 2.75) is 19.4 Å². The second-order valence-electron chi connectivity index (χ2n) is 4.60. The third-order valence-corrected chi connectivity index (χ3v) is 2.92. The van der Waals surface area contributed by atoms with Gasteiger partial charge in [0.15, 0.2) is 0 Å². The lowest BCUT2D eigenvalue weighted by Crippen LogP contribution is -2.38. The molecule has 1 aliphatic heterocycles. The van der Waals surface area contributed by atoms with Crippen LogP contribution in [-0.4, -0.2) is 17.3 Å². The maximum atomic E-state index is 9.30. The zero-order valence-electron chi connectivity index (χ0n) is 9.75. The van der Waals surface area contributed by atoms with Crippen LogP contribution >= 0.6 is 0 Å². The number of aliphatic hydroxyl groups is 1. The monoisotopic (exact) mass is 215 g/mol. The summed E-state index contributed by atoms with van der Waals surface area (Å²) in [4.78, 5) is 0. The molecule has 0 amide bonds. The van der Waals surface area contributed by atoms with Gasteiger partial charge in [-0.3, -0.25) is 0 Å². The highest BCUT2D eigenvalue weighted by atomic mass is 16.3. The maximum Gasteiger partial charge on any atom is 0.0768 e. The second kappa shape index (κ2) is 3.80. The lowest BCUT2D eigenvalue weighted by Gasteiger charge is -2.20. The molecule has 2 rings (SSSR count). The van der Waals surface area contributed by atoms with Crippen LogP contribution in [0.1, 0.15) is 18.1 Å². The Bertz CT molecular complexity index is 444. The molecule has 0 saturated heterocycles. The highest BCUT2D eigenvalue weighted by Crippen LogP contribution is 2.30. The van der Waals surface area contributed by atoms with E-state index in [-0.39, 0.29) is 12.1 Å². The van der Waals surface area contributed by atoms with Crippen molar-refractivity contribution in [1.29, 1.82) is 0 Å². The van der Waals surface area contributed by atoms with Crippen LogP contribution in [0.5, 0.6) is 0 Å². The lowest BCUT2D eigenvalue weighted by atomic mass is 10.00. The van der Waals surface area contributed by atoms with Crippen molar-refractivity contribution in [2.24, 2.45) is 0 Å². The highest BCUT2D eigenvalue weighted by molar-refractivity contribution is 5.81. The molecule has 0 fully saturated rings. The Labute approximate surface area is 96.3 Å². The lowest BCUT2D eigenvalue weighted by molar-refractivity contribution is 0.223. The summed E-state index contributed by atoms with van der Waals surface area (Å²) in [6.07, 6.45) is 2.04. The molecule has 0 aromatic heterocycles. The third kappa shape index (κ3) is 1.89. The van der Waals surface area contributed by atoms with Gasteiger partial charge in [-0.05, 0) is 25.5 Å². The van der Waals surface area contributed by atoms with Gasteiger partial charge in [-0.15, -0.1) is 0 Å². The SMILES string of the molecule is C=C1NC(C)(CO)C=C1c1ccc(C)cc1. The number of benzene rings is 1. The van der Waals surface area contributed by atoms with E-state index in [0.29, 0.717) is 0 Å². The molecule has 1 aromatic rings. The van der Waals surface area contributed by atoms with Crippen molar-refractivity contribution in [3.63, 3.8) is 0 Å². The number of aryl methyl sites for hydroxylation is 1. The molecule has 1 aromatic carbocycles. The van der Waals surface area contributed by atoms with Crippen molar-refractivity contribution in [2.75, 3.05) is 6.61 Å². The highest BCUT2D eigenvalue weighted by Gasteiger charge is 2.29. The Morgan fingerprint density at radius 1 is 1.31 bits per heavy atom. The summed E-state index contributed by atoms with van der Waals surface area (Å²) in [5.74, 6) is 0. The molecular formula is C14H17NO. The van der Waals surface area contributed by atoms with Gasteiger partial charge in [0.25, 0.3) is 0 Å². The van der Waals surface area contributed by atoms with Gasteiger partial charge in [-0.2, -0.15) is 0 Å². The number of allylic oxidation sites excluding steroid dienone is 1. The number of aliphatic hydroxyl groups excluding tert-OH is 1. The molecule has 2 heteroatoms. The first-order valence-corrected chi connectivity index (χ1v) is 5.42. The molecule has 2 N–H and O–H groups in total. The number of hydrogen-bond donors (Lipinski definition) is 2. The molecular weight excluding hydrogens is 198 g/mol. The fourth-order valence-electron chi connectivity index (χ4n) is 1.93. The first-order chi connectivity index (χ1) is 7.54. The molecule has 1 unspecified atom stereocenters. The van der Waals surface area contributed by atoms with Crippen LogP contribution in [0, 0.1) is 6.92 Å². The Morgan fingerprint density at radius 3 is 2.44 bits per heavy atom. The van der Waals surface area contributed by atoms with Crippen molar-refractivity contribution >= 4 is 5.57 Å². The normalized spacial score (nSPS) is 24.2. The van der Waals surface area contributed by atoms with Gasteiger partial charge in [0.1, 0.15) is 0 Å². The summed E-state index contributed by atoms with van der Waals surface area (Å²) >= 11 is 0. The van der Waals surface area contributed by atoms with Gasteiger partial charge < -0.3 is 10.4 Å². The number of hydrogen-bond acceptors (Lipinski definition) is 2. The fourth-order valence-corrected chi connectivity index (χ4v) is 1.93. The Morgan fingerprint density at radius 2 is 1.94 bits per heavy atom. The maximum absolute atomic E-state index is 9.30. The standard InChI is InChI=1S/C14H17NO/c1-10-4-6-12(7-5-10)13-8-14(3,9-16)15-11(13)2/h4-8,15-16H,2,9H2,1,3H3.